The van der Waals surface area contributed by atoms with Gasteiger partial charge in [0.1, 0.15) is 13.1 Å². The second-order valence-corrected chi connectivity index (χ2v) is 3.07. The predicted molar refractivity (Wildman–Crippen MR) is 48.9 cm³/mol. The van der Waals surface area contributed by atoms with Gasteiger partial charge in [-0.2, -0.15) is 13.2 Å². The SMILES string of the molecule is O=Cc1cccn1CC(=O)NCC(F)(F)F. The Morgan fingerprint density at radius 3 is 2.75 bits per heavy atom. The van der Waals surface area contributed by atoms with E-state index >= 15 is 0 Å². The van der Waals surface area contributed by atoms with E-state index in [2.05, 4.69) is 0 Å². The Labute approximate surface area is 89.0 Å². The molecular weight excluding hydrogens is 225 g/mol. The first kappa shape index (κ1) is 12.3. The first-order valence-electron chi connectivity index (χ1n) is 4.36. The van der Waals surface area contributed by atoms with Crippen molar-refractivity contribution in [2.75, 3.05) is 6.54 Å². The van der Waals surface area contributed by atoms with Crippen LogP contribution in [0, 0.1) is 0 Å². The molecule has 4 nitrogen and oxygen atoms in total. The molecule has 0 saturated heterocycles. The molecule has 0 atom stereocenters. The lowest BCUT2D eigenvalue weighted by molar-refractivity contribution is -0.138. The minimum atomic E-state index is -4.43. The summed E-state index contributed by atoms with van der Waals surface area (Å²) in [5.74, 6) is -0.795. The molecule has 88 valence electrons. The number of hydrogen-bond acceptors (Lipinski definition) is 2. The van der Waals surface area contributed by atoms with Crippen molar-refractivity contribution in [3.05, 3.63) is 24.0 Å². The molecule has 1 amide bonds. The molecule has 1 N–H and O–H groups in total. The lowest BCUT2D eigenvalue weighted by atomic mass is 10.4. The van der Waals surface area contributed by atoms with Crippen LogP contribution in [-0.2, 0) is 11.3 Å². The van der Waals surface area contributed by atoms with Gasteiger partial charge in [0.15, 0.2) is 6.29 Å². The zero-order chi connectivity index (χ0) is 12.2. The molecule has 0 aromatic carbocycles. The van der Waals surface area contributed by atoms with Crippen LogP contribution in [0.1, 0.15) is 10.5 Å². The van der Waals surface area contributed by atoms with E-state index in [1.54, 1.807) is 5.32 Å². The Morgan fingerprint density at radius 2 is 2.19 bits per heavy atom. The molecule has 0 unspecified atom stereocenters. The van der Waals surface area contributed by atoms with Crippen molar-refractivity contribution in [3.63, 3.8) is 0 Å². The van der Waals surface area contributed by atoms with E-state index in [4.69, 9.17) is 0 Å². The second-order valence-electron chi connectivity index (χ2n) is 3.07. The standard InChI is InChI=1S/C9H9F3N2O2/c10-9(11,12)6-13-8(16)4-14-3-1-2-7(14)5-15/h1-3,5H,4,6H2,(H,13,16). The highest BCUT2D eigenvalue weighted by Gasteiger charge is 2.27. The molecule has 1 aromatic rings. The Bertz CT molecular complexity index is 384. The van der Waals surface area contributed by atoms with E-state index in [1.807, 2.05) is 0 Å². The molecular formula is C9H9F3N2O2. The predicted octanol–water partition coefficient (Wildman–Crippen LogP) is 0.979. The maximum Gasteiger partial charge on any atom is 0.405 e. The fraction of sp³-hybridized carbons (Fsp3) is 0.333. The van der Waals surface area contributed by atoms with Gasteiger partial charge in [-0.3, -0.25) is 9.59 Å². The molecule has 0 bridgehead atoms. The number of amides is 1. The third kappa shape index (κ3) is 3.76. The summed E-state index contributed by atoms with van der Waals surface area (Å²) in [5.41, 5.74) is 0.238. The molecule has 0 fully saturated rings. The zero-order valence-corrected chi connectivity index (χ0v) is 8.12. The van der Waals surface area contributed by atoms with Crippen LogP contribution in [0.15, 0.2) is 18.3 Å². The summed E-state index contributed by atoms with van der Waals surface area (Å²) in [4.78, 5) is 21.5. The summed E-state index contributed by atoms with van der Waals surface area (Å²) in [7, 11) is 0. The molecule has 0 radical (unpaired) electrons. The number of rotatable bonds is 4. The average Bonchev–Trinajstić information content (AvgIpc) is 2.61. The third-order valence-electron chi connectivity index (χ3n) is 1.79. The maximum atomic E-state index is 11.8. The summed E-state index contributed by atoms with van der Waals surface area (Å²) >= 11 is 0. The number of nitrogens with one attached hydrogen (secondary N) is 1. The number of hydrogen-bond donors (Lipinski definition) is 1. The van der Waals surface area contributed by atoms with E-state index in [1.165, 1.54) is 22.9 Å². The van der Waals surface area contributed by atoms with Crippen molar-refractivity contribution in [2.24, 2.45) is 0 Å². The van der Waals surface area contributed by atoms with Crippen LogP contribution in [0.2, 0.25) is 0 Å². The van der Waals surface area contributed by atoms with Crippen LogP contribution < -0.4 is 5.32 Å². The van der Waals surface area contributed by atoms with Gasteiger partial charge in [-0.15, -0.1) is 0 Å². The number of nitrogens with zero attached hydrogens (tertiary/aromatic N) is 1. The number of carbonyl (C=O) groups is 2. The van der Waals surface area contributed by atoms with E-state index in [0.29, 0.717) is 6.29 Å². The number of aromatic nitrogens is 1. The van der Waals surface area contributed by atoms with Crippen molar-refractivity contribution in [1.29, 1.82) is 0 Å². The molecule has 1 rings (SSSR count). The van der Waals surface area contributed by atoms with E-state index in [9.17, 15) is 22.8 Å². The highest BCUT2D eigenvalue weighted by atomic mass is 19.4. The Balaban J connectivity index is 2.49. The first-order valence-corrected chi connectivity index (χ1v) is 4.36. The van der Waals surface area contributed by atoms with Crippen LogP contribution in [-0.4, -0.2) is 29.5 Å². The third-order valence-corrected chi connectivity index (χ3v) is 1.79. The van der Waals surface area contributed by atoms with Crippen molar-refractivity contribution < 1.29 is 22.8 Å². The average molecular weight is 234 g/mol. The van der Waals surface area contributed by atoms with E-state index < -0.39 is 18.6 Å². The molecule has 7 heteroatoms. The fourth-order valence-electron chi connectivity index (χ4n) is 1.09. The van der Waals surface area contributed by atoms with Crippen molar-refractivity contribution in [1.82, 2.24) is 9.88 Å². The van der Waals surface area contributed by atoms with Crippen LogP contribution in [0.5, 0.6) is 0 Å². The Hall–Kier alpha value is -1.79. The summed E-state index contributed by atoms with van der Waals surface area (Å²) in [6.45, 7) is -1.68. The van der Waals surface area contributed by atoms with Crippen LogP contribution in [0.3, 0.4) is 0 Å². The quantitative estimate of drug-likeness (QED) is 0.789. The normalized spacial score (nSPS) is 11.2. The summed E-state index contributed by atoms with van der Waals surface area (Å²) < 4.78 is 36.6. The van der Waals surface area contributed by atoms with Crippen LogP contribution >= 0.6 is 0 Å². The zero-order valence-electron chi connectivity index (χ0n) is 8.12. The highest BCUT2D eigenvalue weighted by Crippen LogP contribution is 2.12. The van der Waals surface area contributed by atoms with Gasteiger partial charge in [0.05, 0.1) is 5.69 Å². The van der Waals surface area contributed by atoms with E-state index in [-0.39, 0.29) is 12.2 Å². The Morgan fingerprint density at radius 1 is 1.50 bits per heavy atom. The highest BCUT2D eigenvalue weighted by molar-refractivity contribution is 5.78. The lowest BCUT2D eigenvalue weighted by Crippen LogP contribution is -2.35. The summed E-state index contributed by atoms with van der Waals surface area (Å²) in [5, 5.41) is 1.71. The van der Waals surface area contributed by atoms with Gasteiger partial charge in [-0.25, -0.2) is 0 Å². The van der Waals surface area contributed by atoms with Gasteiger partial charge in [-0.1, -0.05) is 0 Å². The topological polar surface area (TPSA) is 51.1 Å². The fourth-order valence-corrected chi connectivity index (χ4v) is 1.09. The largest absolute Gasteiger partial charge is 0.405 e. The van der Waals surface area contributed by atoms with Gasteiger partial charge in [0.25, 0.3) is 0 Å². The first-order chi connectivity index (χ1) is 7.42. The molecule has 1 heterocycles. The summed E-state index contributed by atoms with van der Waals surface area (Å²) in [6.07, 6.45) is -2.46. The van der Waals surface area contributed by atoms with Gasteiger partial charge in [-0.05, 0) is 12.1 Å². The van der Waals surface area contributed by atoms with Crippen LogP contribution in [0.25, 0.3) is 0 Å². The van der Waals surface area contributed by atoms with Crippen molar-refractivity contribution >= 4 is 12.2 Å². The van der Waals surface area contributed by atoms with Gasteiger partial charge in [0.2, 0.25) is 5.91 Å². The maximum absolute atomic E-state index is 11.8. The van der Waals surface area contributed by atoms with Crippen molar-refractivity contribution in [2.45, 2.75) is 12.7 Å². The summed E-state index contributed by atoms with van der Waals surface area (Å²) in [6, 6.07) is 2.99. The van der Waals surface area contributed by atoms with Gasteiger partial charge < -0.3 is 9.88 Å². The molecule has 1 aromatic heterocycles. The van der Waals surface area contributed by atoms with Gasteiger partial charge in [0, 0.05) is 6.20 Å². The molecule has 0 saturated carbocycles. The minimum Gasteiger partial charge on any atom is -0.345 e. The number of aldehydes is 1. The van der Waals surface area contributed by atoms with Crippen molar-refractivity contribution in [3.8, 4) is 0 Å². The minimum absolute atomic E-state index is 0.238. The van der Waals surface area contributed by atoms with Gasteiger partial charge >= 0.3 is 6.18 Å². The van der Waals surface area contributed by atoms with E-state index in [0.717, 1.165) is 0 Å². The molecule has 0 aliphatic heterocycles. The second kappa shape index (κ2) is 4.82. The molecule has 0 spiro atoms. The number of carbonyl (C=O) groups excluding carboxylic acids is 2. The smallest absolute Gasteiger partial charge is 0.345 e. The number of alkyl halides is 3. The van der Waals surface area contributed by atoms with Crippen LogP contribution in [0.4, 0.5) is 13.2 Å². The Kier molecular flexibility index (Phi) is 3.70. The number of halogens is 3. The molecule has 16 heavy (non-hydrogen) atoms. The lowest BCUT2D eigenvalue weighted by Gasteiger charge is -2.09. The monoisotopic (exact) mass is 234 g/mol. The molecule has 0 aliphatic rings. The molecule has 0 aliphatic carbocycles.